The number of amides is 2. The third-order valence-corrected chi connectivity index (χ3v) is 6.36. The Morgan fingerprint density at radius 3 is 2.73 bits per heavy atom. The fourth-order valence-electron chi connectivity index (χ4n) is 4.51. The van der Waals surface area contributed by atoms with E-state index in [4.69, 9.17) is 4.74 Å². The first-order valence-electron chi connectivity index (χ1n) is 9.85. The number of methoxy groups -OCH3 is 1. The smallest absolute Gasteiger partial charge is 0.270 e. The normalized spacial score (nSPS) is 22.9. The highest BCUT2D eigenvalue weighted by Crippen LogP contribution is 2.41. The molecule has 0 bridgehead atoms. The summed E-state index contributed by atoms with van der Waals surface area (Å²) in [7, 11) is 1.67. The quantitative estimate of drug-likeness (QED) is 0.811. The summed E-state index contributed by atoms with van der Waals surface area (Å²) in [5, 5.41) is 0. The minimum atomic E-state index is 0.167. The lowest BCUT2D eigenvalue weighted by Gasteiger charge is -2.47. The van der Waals surface area contributed by atoms with Crippen LogP contribution in [0, 0.1) is 5.41 Å². The maximum absolute atomic E-state index is 13.0. The van der Waals surface area contributed by atoms with E-state index in [-0.39, 0.29) is 17.2 Å². The molecule has 2 aliphatic heterocycles. The van der Waals surface area contributed by atoms with E-state index in [9.17, 15) is 9.59 Å². The first-order valence-corrected chi connectivity index (χ1v) is 9.85. The van der Waals surface area contributed by atoms with Crippen LogP contribution in [0.2, 0.25) is 0 Å². The molecule has 2 saturated heterocycles. The number of aromatic nitrogens is 1. The topological polar surface area (TPSA) is 54.8 Å². The fraction of sp³-hybridized carbons (Fsp3) is 0.700. The van der Waals surface area contributed by atoms with Gasteiger partial charge in [-0.3, -0.25) is 9.59 Å². The van der Waals surface area contributed by atoms with Gasteiger partial charge in [0.1, 0.15) is 5.69 Å². The highest BCUT2D eigenvalue weighted by atomic mass is 16.5. The second-order valence-electron chi connectivity index (χ2n) is 8.13. The second kappa shape index (κ2) is 7.06. The van der Waals surface area contributed by atoms with Crippen LogP contribution in [0.15, 0.2) is 18.3 Å². The number of piperidine rings is 2. The van der Waals surface area contributed by atoms with Gasteiger partial charge in [0.25, 0.3) is 5.91 Å². The Morgan fingerprint density at radius 2 is 2.04 bits per heavy atom. The first-order chi connectivity index (χ1) is 12.6. The van der Waals surface area contributed by atoms with Gasteiger partial charge in [-0.15, -0.1) is 0 Å². The van der Waals surface area contributed by atoms with Gasteiger partial charge in [0.05, 0.1) is 6.61 Å². The largest absolute Gasteiger partial charge is 0.383 e. The maximum atomic E-state index is 13.0. The summed E-state index contributed by atoms with van der Waals surface area (Å²) in [6, 6.07) is 4.47. The average molecular weight is 359 g/mol. The highest BCUT2D eigenvalue weighted by molar-refractivity contribution is 5.93. The Morgan fingerprint density at radius 1 is 1.27 bits per heavy atom. The third-order valence-electron chi connectivity index (χ3n) is 6.36. The van der Waals surface area contributed by atoms with Crippen molar-refractivity contribution < 1.29 is 14.3 Å². The van der Waals surface area contributed by atoms with Gasteiger partial charge < -0.3 is 19.1 Å². The Balaban J connectivity index is 1.38. The van der Waals surface area contributed by atoms with Crippen molar-refractivity contribution in [3.63, 3.8) is 0 Å². The van der Waals surface area contributed by atoms with Gasteiger partial charge in [-0.1, -0.05) is 0 Å². The molecule has 1 saturated carbocycles. The SMILES string of the molecule is COCCN1CC2(CCC1=O)CCN(C(=O)c1cccn1C1CC1)CC2. The molecule has 142 valence electrons. The molecule has 2 amide bonds. The lowest BCUT2D eigenvalue weighted by atomic mass is 9.72. The van der Waals surface area contributed by atoms with Crippen molar-refractivity contribution in [2.75, 3.05) is 39.9 Å². The molecule has 0 atom stereocenters. The lowest BCUT2D eigenvalue weighted by molar-refractivity contribution is -0.139. The van der Waals surface area contributed by atoms with E-state index in [1.165, 1.54) is 12.8 Å². The van der Waals surface area contributed by atoms with Gasteiger partial charge in [-0.05, 0) is 49.7 Å². The van der Waals surface area contributed by atoms with Crippen LogP contribution in [-0.2, 0) is 9.53 Å². The van der Waals surface area contributed by atoms with Crippen LogP contribution in [0.5, 0.6) is 0 Å². The van der Waals surface area contributed by atoms with Crippen molar-refractivity contribution in [2.45, 2.75) is 44.6 Å². The number of nitrogens with zero attached hydrogens (tertiary/aromatic N) is 3. The van der Waals surface area contributed by atoms with Gasteiger partial charge >= 0.3 is 0 Å². The molecular weight excluding hydrogens is 330 g/mol. The fourth-order valence-corrected chi connectivity index (χ4v) is 4.51. The molecule has 1 aromatic rings. The van der Waals surface area contributed by atoms with Crippen LogP contribution in [0.3, 0.4) is 0 Å². The summed E-state index contributed by atoms with van der Waals surface area (Å²) in [5.74, 6) is 0.410. The van der Waals surface area contributed by atoms with Gasteiger partial charge in [0.2, 0.25) is 5.91 Å². The number of hydrogen-bond acceptors (Lipinski definition) is 3. The number of rotatable bonds is 5. The summed E-state index contributed by atoms with van der Waals surface area (Å²) in [6.45, 7) is 3.66. The van der Waals surface area contributed by atoms with E-state index in [1.54, 1.807) is 7.11 Å². The van der Waals surface area contributed by atoms with E-state index in [1.807, 2.05) is 28.1 Å². The molecule has 1 aliphatic carbocycles. The molecule has 4 rings (SSSR count). The highest BCUT2D eigenvalue weighted by Gasteiger charge is 2.42. The van der Waals surface area contributed by atoms with E-state index in [0.717, 1.165) is 44.6 Å². The van der Waals surface area contributed by atoms with Crippen LogP contribution < -0.4 is 0 Å². The molecule has 0 N–H and O–H groups in total. The molecule has 0 aromatic carbocycles. The minimum absolute atomic E-state index is 0.167. The van der Waals surface area contributed by atoms with E-state index in [0.29, 0.717) is 25.6 Å². The molecule has 1 aromatic heterocycles. The number of carbonyl (C=O) groups excluding carboxylic acids is 2. The van der Waals surface area contributed by atoms with Crippen molar-refractivity contribution >= 4 is 11.8 Å². The van der Waals surface area contributed by atoms with Gasteiger partial charge in [-0.25, -0.2) is 0 Å². The Hall–Kier alpha value is -1.82. The molecule has 3 aliphatic rings. The van der Waals surface area contributed by atoms with Crippen LogP contribution >= 0.6 is 0 Å². The molecule has 0 unspecified atom stereocenters. The van der Waals surface area contributed by atoms with Crippen LogP contribution in [-0.4, -0.2) is 66.1 Å². The Kier molecular flexibility index (Phi) is 4.78. The number of hydrogen-bond donors (Lipinski definition) is 0. The molecule has 6 nitrogen and oxygen atoms in total. The van der Waals surface area contributed by atoms with E-state index >= 15 is 0 Å². The van der Waals surface area contributed by atoms with Crippen molar-refractivity contribution in [2.24, 2.45) is 5.41 Å². The van der Waals surface area contributed by atoms with E-state index in [2.05, 4.69) is 4.57 Å². The molecule has 26 heavy (non-hydrogen) atoms. The number of ether oxygens (including phenoxy) is 1. The van der Waals surface area contributed by atoms with E-state index < -0.39 is 0 Å². The lowest BCUT2D eigenvalue weighted by Crippen LogP contribution is -2.53. The van der Waals surface area contributed by atoms with Crippen molar-refractivity contribution in [1.82, 2.24) is 14.4 Å². The average Bonchev–Trinajstić information content (AvgIpc) is 3.39. The van der Waals surface area contributed by atoms with Gasteiger partial charge in [0, 0.05) is 51.9 Å². The zero-order chi connectivity index (χ0) is 18.1. The molecule has 3 fully saturated rings. The van der Waals surface area contributed by atoms with Crippen molar-refractivity contribution in [3.05, 3.63) is 24.0 Å². The van der Waals surface area contributed by atoms with Gasteiger partial charge in [-0.2, -0.15) is 0 Å². The molecular formula is C20H29N3O3. The first kappa shape index (κ1) is 17.6. The summed E-state index contributed by atoms with van der Waals surface area (Å²) in [5.41, 5.74) is 1.01. The number of carbonyl (C=O) groups is 2. The molecule has 1 spiro atoms. The predicted molar refractivity (Wildman–Crippen MR) is 98.0 cm³/mol. The molecule has 6 heteroatoms. The molecule has 0 radical (unpaired) electrons. The van der Waals surface area contributed by atoms with Crippen LogP contribution in [0.1, 0.15) is 55.1 Å². The third kappa shape index (κ3) is 3.39. The Bertz CT molecular complexity index is 672. The summed E-state index contributed by atoms with van der Waals surface area (Å²) >= 11 is 0. The maximum Gasteiger partial charge on any atom is 0.270 e. The second-order valence-corrected chi connectivity index (χ2v) is 8.13. The summed E-state index contributed by atoms with van der Waals surface area (Å²) < 4.78 is 7.30. The predicted octanol–water partition coefficient (Wildman–Crippen LogP) is 2.31. The van der Waals surface area contributed by atoms with Crippen molar-refractivity contribution in [3.8, 4) is 0 Å². The van der Waals surface area contributed by atoms with Crippen LogP contribution in [0.4, 0.5) is 0 Å². The Labute approximate surface area is 155 Å². The summed E-state index contributed by atoms with van der Waals surface area (Å²) in [4.78, 5) is 29.1. The molecule has 3 heterocycles. The zero-order valence-electron chi connectivity index (χ0n) is 15.7. The van der Waals surface area contributed by atoms with Gasteiger partial charge in [0.15, 0.2) is 0 Å². The zero-order valence-corrected chi connectivity index (χ0v) is 15.7. The number of likely N-dealkylation sites (tertiary alicyclic amines) is 2. The summed E-state index contributed by atoms with van der Waals surface area (Å²) in [6.07, 6.45) is 7.96. The standard InChI is InChI=1S/C20H29N3O3/c1-26-14-13-22-15-20(7-6-18(22)24)8-11-21(12-9-20)19(25)17-3-2-10-23(17)16-4-5-16/h2-3,10,16H,4-9,11-15H2,1H3. The van der Waals surface area contributed by atoms with Crippen molar-refractivity contribution in [1.29, 1.82) is 0 Å². The van der Waals surface area contributed by atoms with Crippen LogP contribution in [0.25, 0.3) is 0 Å². The minimum Gasteiger partial charge on any atom is -0.383 e. The monoisotopic (exact) mass is 359 g/mol.